The van der Waals surface area contributed by atoms with Crippen LogP contribution >= 0.6 is 0 Å². The minimum absolute atomic E-state index is 0.0307. The summed E-state index contributed by atoms with van der Waals surface area (Å²) in [6.45, 7) is 7.37. The van der Waals surface area contributed by atoms with E-state index in [2.05, 4.69) is 37.8 Å². The molecule has 0 radical (unpaired) electrons. The fraction of sp³-hybridized carbons (Fsp3) is 0.562. The van der Waals surface area contributed by atoms with Gasteiger partial charge < -0.3 is 18.9 Å². The van der Waals surface area contributed by atoms with Gasteiger partial charge in [-0.25, -0.2) is 0 Å². The average molecular weight is 497 g/mol. The third-order valence-corrected chi connectivity index (χ3v) is 6.64. The molecule has 0 fully saturated rings. The molecule has 0 spiro atoms. The molecule has 200 valence electrons. The van der Waals surface area contributed by atoms with Gasteiger partial charge in [0, 0.05) is 0 Å². The topological polar surface area (TPSA) is 36.9 Å². The fourth-order valence-electron chi connectivity index (χ4n) is 4.44. The van der Waals surface area contributed by atoms with Crippen molar-refractivity contribution in [1.82, 2.24) is 0 Å². The summed E-state index contributed by atoms with van der Waals surface area (Å²) in [7, 11) is 3.29. The normalized spacial score (nSPS) is 12.8. The van der Waals surface area contributed by atoms with Crippen molar-refractivity contribution in [2.24, 2.45) is 0 Å². The lowest BCUT2D eigenvalue weighted by atomic mass is 10.0. The Morgan fingerprint density at radius 3 is 1.92 bits per heavy atom. The molecule has 0 unspecified atom stereocenters. The molecule has 2 aromatic carbocycles. The molecule has 2 aromatic rings. The standard InChI is InChI=1S/C32H48O4/c1-5-7-8-9-10-11-12-13-14-18-21-31(36-25-27-19-16-15-17-20-27)29(6-2)35-26-28-22-23-30(33-3)32(24-28)34-4/h6,15-17,19-20,22-24,29,31H,2,5,7-14,18,21,25-26H2,1,3-4H3/t29-,31-/m1/s1. The molecule has 2 atom stereocenters. The summed E-state index contributed by atoms with van der Waals surface area (Å²) in [5, 5.41) is 0. The van der Waals surface area contributed by atoms with Gasteiger partial charge in [0.1, 0.15) is 6.10 Å². The van der Waals surface area contributed by atoms with Crippen LogP contribution in [0.4, 0.5) is 0 Å². The van der Waals surface area contributed by atoms with Crippen LogP contribution in [-0.4, -0.2) is 26.4 Å². The lowest BCUT2D eigenvalue weighted by Crippen LogP contribution is -2.30. The lowest BCUT2D eigenvalue weighted by Gasteiger charge is -2.26. The van der Waals surface area contributed by atoms with Crippen LogP contribution in [0.1, 0.15) is 88.7 Å². The summed E-state index contributed by atoms with van der Waals surface area (Å²) in [5.74, 6) is 1.42. The zero-order valence-electron chi connectivity index (χ0n) is 22.9. The summed E-state index contributed by atoms with van der Waals surface area (Å²) in [5.41, 5.74) is 2.20. The van der Waals surface area contributed by atoms with E-state index in [4.69, 9.17) is 18.9 Å². The van der Waals surface area contributed by atoms with Crippen LogP contribution in [0.5, 0.6) is 11.5 Å². The van der Waals surface area contributed by atoms with Crippen molar-refractivity contribution >= 4 is 0 Å². The summed E-state index contributed by atoms with van der Waals surface area (Å²) in [4.78, 5) is 0. The van der Waals surface area contributed by atoms with Crippen LogP contribution in [0.3, 0.4) is 0 Å². The molecule has 4 heteroatoms. The SMILES string of the molecule is C=C[C@@H](OCc1ccc(OC)c(OC)c1)[C@@H](CCCCCCCCCCCC)OCc1ccccc1. The van der Waals surface area contributed by atoms with Gasteiger partial charge in [-0.3, -0.25) is 0 Å². The Labute approximate surface area is 220 Å². The van der Waals surface area contributed by atoms with Crippen molar-refractivity contribution in [3.63, 3.8) is 0 Å². The van der Waals surface area contributed by atoms with Crippen molar-refractivity contribution < 1.29 is 18.9 Å². The molecule has 0 saturated heterocycles. The van der Waals surface area contributed by atoms with Crippen LogP contribution < -0.4 is 9.47 Å². The maximum atomic E-state index is 6.39. The zero-order chi connectivity index (χ0) is 25.8. The molecule has 0 aliphatic carbocycles. The minimum atomic E-state index is -0.180. The van der Waals surface area contributed by atoms with E-state index in [9.17, 15) is 0 Å². The second-order valence-electron chi connectivity index (χ2n) is 9.51. The number of rotatable bonds is 21. The quantitative estimate of drug-likeness (QED) is 0.128. The van der Waals surface area contributed by atoms with Crippen LogP contribution in [0.25, 0.3) is 0 Å². The summed E-state index contributed by atoms with van der Waals surface area (Å²) in [6.07, 6.45) is 15.9. The third kappa shape index (κ3) is 11.6. The number of unbranched alkanes of at least 4 members (excludes halogenated alkanes) is 9. The van der Waals surface area contributed by atoms with Crippen LogP contribution in [0.15, 0.2) is 61.2 Å². The molecular weight excluding hydrogens is 448 g/mol. The highest BCUT2D eigenvalue weighted by atomic mass is 16.5. The highest BCUT2D eigenvalue weighted by Gasteiger charge is 2.21. The number of ether oxygens (including phenoxy) is 4. The van der Waals surface area contributed by atoms with E-state index in [1.807, 2.05) is 30.3 Å². The first kappa shape index (κ1) is 29.9. The van der Waals surface area contributed by atoms with Gasteiger partial charge >= 0.3 is 0 Å². The molecule has 0 amide bonds. The van der Waals surface area contributed by atoms with Crippen LogP contribution in [0, 0.1) is 0 Å². The maximum Gasteiger partial charge on any atom is 0.161 e. The number of hydrogen-bond acceptors (Lipinski definition) is 4. The summed E-state index contributed by atoms with van der Waals surface area (Å²) >= 11 is 0. The zero-order valence-corrected chi connectivity index (χ0v) is 22.9. The molecule has 0 bridgehead atoms. The Kier molecular flexibility index (Phi) is 15.7. The van der Waals surface area contributed by atoms with Crippen LogP contribution in [-0.2, 0) is 22.7 Å². The van der Waals surface area contributed by atoms with Gasteiger partial charge in [-0.05, 0) is 29.7 Å². The molecule has 0 aromatic heterocycles. The largest absolute Gasteiger partial charge is 0.493 e. The van der Waals surface area contributed by atoms with Gasteiger partial charge in [-0.1, -0.05) is 114 Å². The second-order valence-corrected chi connectivity index (χ2v) is 9.51. The summed E-state index contributed by atoms with van der Waals surface area (Å²) < 4.78 is 23.5. The molecule has 36 heavy (non-hydrogen) atoms. The molecule has 0 aliphatic heterocycles. The van der Waals surface area contributed by atoms with E-state index >= 15 is 0 Å². The van der Waals surface area contributed by atoms with Crippen molar-refractivity contribution in [3.8, 4) is 11.5 Å². The second kappa shape index (κ2) is 18.9. The van der Waals surface area contributed by atoms with Gasteiger partial charge in [0.25, 0.3) is 0 Å². The molecular formula is C32H48O4. The van der Waals surface area contributed by atoms with E-state index in [-0.39, 0.29) is 12.2 Å². The van der Waals surface area contributed by atoms with Crippen molar-refractivity contribution in [2.45, 2.75) is 103 Å². The molecule has 0 aliphatic rings. The highest BCUT2D eigenvalue weighted by Crippen LogP contribution is 2.28. The van der Waals surface area contributed by atoms with Crippen LogP contribution in [0.2, 0.25) is 0 Å². The Balaban J connectivity index is 1.86. The number of methoxy groups -OCH3 is 2. The van der Waals surface area contributed by atoms with Gasteiger partial charge in [0.15, 0.2) is 11.5 Å². The first-order valence-corrected chi connectivity index (χ1v) is 13.8. The fourth-order valence-corrected chi connectivity index (χ4v) is 4.44. The molecule has 4 nitrogen and oxygen atoms in total. The lowest BCUT2D eigenvalue weighted by molar-refractivity contribution is -0.0685. The number of benzene rings is 2. The number of hydrogen-bond donors (Lipinski definition) is 0. The van der Waals surface area contributed by atoms with E-state index < -0.39 is 0 Å². The van der Waals surface area contributed by atoms with Gasteiger partial charge in [0.2, 0.25) is 0 Å². The maximum absolute atomic E-state index is 6.39. The van der Waals surface area contributed by atoms with Crippen molar-refractivity contribution in [2.75, 3.05) is 14.2 Å². The Morgan fingerprint density at radius 1 is 0.694 bits per heavy atom. The summed E-state index contributed by atoms with van der Waals surface area (Å²) in [6, 6.07) is 16.2. The van der Waals surface area contributed by atoms with E-state index in [1.165, 1.54) is 63.4 Å². The van der Waals surface area contributed by atoms with E-state index in [1.54, 1.807) is 14.2 Å². The Bertz CT molecular complexity index is 820. The van der Waals surface area contributed by atoms with Gasteiger partial charge in [-0.15, -0.1) is 6.58 Å². The smallest absolute Gasteiger partial charge is 0.161 e. The minimum Gasteiger partial charge on any atom is -0.493 e. The average Bonchev–Trinajstić information content (AvgIpc) is 2.92. The predicted octanol–water partition coefficient (Wildman–Crippen LogP) is 8.67. The molecule has 2 rings (SSSR count). The first-order valence-electron chi connectivity index (χ1n) is 13.8. The Hall–Kier alpha value is -2.30. The third-order valence-electron chi connectivity index (χ3n) is 6.64. The highest BCUT2D eigenvalue weighted by molar-refractivity contribution is 5.42. The van der Waals surface area contributed by atoms with E-state index in [0.717, 1.165) is 18.4 Å². The molecule has 0 heterocycles. The van der Waals surface area contributed by atoms with Crippen molar-refractivity contribution in [1.29, 1.82) is 0 Å². The Morgan fingerprint density at radius 2 is 1.31 bits per heavy atom. The predicted molar refractivity (Wildman–Crippen MR) is 150 cm³/mol. The molecule has 0 N–H and O–H groups in total. The first-order chi connectivity index (χ1) is 17.7. The van der Waals surface area contributed by atoms with Crippen molar-refractivity contribution in [3.05, 3.63) is 72.3 Å². The molecule has 0 saturated carbocycles. The van der Waals surface area contributed by atoms with E-state index in [0.29, 0.717) is 24.7 Å². The monoisotopic (exact) mass is 496 g/mol. The van der Waals surface area contributed by atoms with Gasteiger partial charge in [-0.2, -0.15) is 0 Å². The van der Waals surface area contributed by atoms with Gasteiger partial charge in [0.05, 0.1) is 33.5 Å².